The smallest absolute Gasteiger partial charge is 0.310 e. The summed E-state index contributed by atoms with van der Waals surface area (Å²) in [4.78, 5) is 47.6. The number of methoxy groups -OCH3 is 1. The van der Waals surface area contributed by atoms with Crippen molar-refractivity contribution in [3.05, 3.63) is 26.6 Å². The highest BCUT2D eigenvalue weighted by molar-refractivity contribution is 7.99. The molecule has 28 heavy (non-hydrogen) atoms. The maximum Gasteiger partial charge on any atom is 0.310 e. The van der Waals surface area contributed by atoms with E-state index in [1.54, 1.807) is 11.8 Å². The van der Waals surface area contributed by atoms with Crippen LogP contribution in [0.2, 0.25) is 0 Å². The fourth-order valence-corrected chi connectivity index (χ4v) is 4.77. The average molecular weight is 426 g/mol. The van der Waals surface area contributed by atoms with Crippen molar-refractivity contribution in [1.29, 1.82) is 0 Å². The first-order valence-electron chi connectivity index (χ1n) is 9.16. The molecule has 1 N–H and O–H groups in total. The first kappa shape index (κ1) is 22.4. The van der Waals surface area contributed by atoms with Crippen LogP contribution in [-0.4, -0.2) is 52.2 Å². The third kappa shape index (κ3) is 4.94. The van der Waals surface area contributed by atoms with Crippen LogP contribution in [0.4, 0.5) is 0 Å². The van der Waals surface area contributed by atoms with Gasteiger partial charge in [-0.05, 0) is 33.3 Å². The van der Waals surface area contributed by atoms with Crippen molar-refractivity contribution in [3.8, 4) is 0 Å². The van der Waals surface area contributed by atoms with Crippen molar-refractivity contribution in [2.75, 3.05) is 20.2 Å². The van der Waals surface area contributed by atoms with Gasteiger partial charge in [0.2, 0.25) is 5.91 Å². The molecule has 0 saturated carbocycles. The number of aromatic nitrogens is 2. The lowest BCUT2D eigenvalue weighted by molar-refractivity contribution is -0.146. The molecule has 0 aromatic carbocycles. The quantitative estimate of drug-likeness (QED) is 0.654. The number of nitrogens with zero attached hydrogens (tertiary/aromatic N) is 2. The highest BCUT2D eigenvalue weighted by Gasteiger charge is 2.24. The van der Waals surface area contributed by atoms with E-state index in [1.165, 1.54) is 30.2 Å². The number of aromatic amines is 1. The van der Waals surface area contributed by atoms with Crippen LogP contribution in [0.15, 0.2) is 4.79 Å². The molecular weight excluding hydrogens is 398 g/mol. The Kier molecular flexibility index (Phi) is 7.65. The van der Waals surface area contributed by atoms with Gasteiger partial charge in [0, 0.05) is 18.0 Å². The lowest BCUT2D eigenvalue weighted by Crippen LogP contribution is -2.41. The highest BCUT2D eigenvalue weighted by Crippen LogP contribution is 2.26. The van der Waals surface area contributed by atoms with Gasteiger partial charge in [0.1, 0.15) is 10.7 Å². The Labute approximate surface area is 172 Å². The average Bonchev–Trinajstić information content (AvgIpc) is 2.96. The van der Waals surface area contributed by atoms with Gasteiger partial charge in [0.25, 0.3) is 5.56 Å². The van der Waals surface area contributed by atoms with E-state index in [-0.39, 0.29) is 28.6 Å². The van der Waals surface area contributed by atoms with Crippen LogP contribution in [0.25, 0.3) is 10.2 Å². The molecule has 154 valence electrons. The van der Waals surface area contributed by atoms with Crippen molar-refractivity contribution < 1.29 is 14.3 Å². The van der Waals surface area contributed by atoms with Crippen LogP contribution in [0, 0.1) is 19.8 Å². The van der Waals surface area contributed by atoms with Crippen molar-refractivity contribution in [2.24, 2.45) is 5.92 Å². The van der Waals surface area contributed by atoms with Crippen LogP contribution in [0.1, 0.15) is 37.0 Å². The topological polar surface area (TPSA) is 92.4 Å². The van der Waals surface area contributed by atoms with Gasteiger partial charge < -0.3 is 14.6 Å². The Hall–Kier alpha value is -1.87. The van der Waals surface area contributed by atoms with Gasteiger partial charge in [0.05, 0.1) is 29.4 Å². The lowest BCUT2D eigenvalue weighted by atomic mass is 10.1. The van der Waals surface area contributed by atoms with Gasteiger partial charge in [-0.3, -0.25) is 14.4 Å². The number of nitrogens with one attached hydrogen (secondary N) is 1. The molecule has 1 amide bonds. The van der Waals surface area contributed by atoms with Crippen LogP contribution in [-0.2, 0) is 20.1 Å². The lowest BCUT2D eigenvalue weighted by Gasteiger charge is -2.26. The number of amides is 1. The third-order valence-corrected chi connectivity index (χ3v) is 6.94. The van der Waals surface area contributed by atoms with Gasteiger partial charge in [-0.15, -0.1) is 23.1 Å². The minimum Gasteiger partial charge on any atom is -0.469 e. The Balaban J connectivity index is 2.05. The van der Waals surface area contributed by atoms with Crippen molar-refractivity contribution in [1.82, 2.24) is 14.9 Å². The molecule has 0 bridgehead atoms. The fraction of sp³-hybridized carbons (Fsp3) is 0.579. The predicted molar refractivity (Wildman–Crippen MR) is 114 cm³/mol. The Morgan fingerprint density at radius 3 is 2.61 bits per heavy atom. The SMILES string of the molecule is CCN(CC(C)C(=O)OC)C(=O)C(C)SCc1nc2sc(C)c(C)c2c(=O)[nH]1. The molecule has 0 aliphatic rings. The van der Waals surface area contributed by atoms with E-state index in [9.17, 15) is 14.4 Å². The van der Waals surface area contributed by atoms with Gasteiger partial charge in [-0.2, -0.15) is 0 Å². The van der Waals surface area contributed by atoms with Crippen LogP contribution in [0.5, 0.6) is 0 Å². The first-order chi connectivity index (χ1) is 13.2. The maximum atomic E-state index is 12.7. The summed E-state index contributed by atoms with van der Waals surface area (Å²) in [6.45, 7) is 10.2. The number of aryl methyl sites for hydroxylation is 2. The zero-order valence-electron chi connectivity index (χ0n) is 17.1. The summed E-state index contributed by atoms with van der Waals surface area (Å²) in [5, 5.41) is 0.326. The molecule has 0 spiro atoms. The molecule has 0 aliphatic heterocycles. The number of fused-ring (bicyclic) bond motifs is 1. The molecule has 9 heteroatoms. The zero-order valence-corrected chi connectivity index (χ0v) is 18.8. The normalized spacial score (nSPS) is 13.4. The molecule has 0 radical (unpaired) electrons. The summed E-state index contributed by atoms with van der Waals surface area (Å²) >= 11 is 2.92. The van der Waals surface area contributed by atoms with Crippen LogP contribution in [0.3, 0.4) is 0 Å². The molecule has 2 rings (SSSR count). The molecule has 2 aromatic rings. The number of carbonyl (C=O) groups excluding carboxylic acids is 2. The van der Waals surface area contributed by atoms with Gasteiger partial charge in [-0.25, -0.2) is 4.98 Å². The third-order valence-electron chi connectivity index (χ3n) is 4.70. The number of thioether (sulfide) groups is 1. The minimum absolute atomic E-state index is 0.0468. The van der Waals surface area contributed by atoms with Crippen molar-refractivity contribution in [2.45, 2.75) is 45.6 Å². The molecule has 0 fully saturated rings. The monoisotopic (exact) mass is 425 g/mol. The second-order valence-electron chi connectivity index (χ2n) is 6.73. The highest BCUT2D eigenvalue weighted by atomic mass is 32.2. The van der Waals surface area contributed by atoms with Crippen molar-refractivity contribution in [3.63, 3.8) is 0 Å². The van der Waals surface area contributed by atoms with Crippen LogP contribution < -0.4 is 5.56 Å². The molecule has 2 unspecified atom stereocenters. The fourth-order valence-electron chi connectivity index (χ4n) is 2.88. The second kappa shape index (κ2) is 9.56. The van der Waals surface area contributed by atoms with E-state index in [4.69, 9.17) is 4.74 Å². The number of hydrogen-bond donors (Lipinski definition) is 1. The second-order valence-corrected chi connectivity index (χ2v) is 9.26. The Morgan fingerprint density at radius 2 is 2.00 bits per heavy atom. The summed E-state index contributed by atoms with van der Waals surface area (Å²) < 4.78 is 4.74. The van der Waals surface area contributed by atoms with Gasteiger partial charge in [-0.1, -0.05) is 6.92 Å². The largest absolute Gasteiger partial charge is 0.469 e. The Morgan fingerprint density at radius 1 is 1.32 bits per heavy atom. The first-order valence-corrected chi connectivity index (χ1v) is 11.0. The van der Waals surface area contributed by atoms with E-state index in [0.29, 0.717) is 30.1 Å². The van der Waals surface area contributed by atoms with Crippen LogP contribution >= 0.6 is 23.1 Å². The summed E-state index contributed by atoms with van der Waals surface area (Å²) in [7, 11) is 1.34. The molecule has 7 nitrogen and oxygen atoms in total. The minimum atomic E-state index is -0.378. The molecular formula is C19H27N3O4S2. The number of H-pyrrole nitrogens is 1. The van der Waals surface area contributed by atoms with E-state index >= 15 is 0 Å². The van der Waals surface area contributed by atoms with Crippen molar-refractivity contribution >= 4 is 45.2 Å². The summed E-state index contributed by atoms with van der Waals surface area (Å²) in [5.74, 6) is 0.238. The molecule has 2 aromatic heterocycles. The zero-order chi connectivity index (χ0) is 21.0. The predicted octanol–water partition coefficient (Wildman–Crippen LogP) is 2.88. The number of carbonyl (C=O) groups is 2. The number of ether oxygens (including phenoxy) is 1. The molecule has 0 saturated heterocycles. The van der Waals surface area contributed by atoms with E-state index in [0.717, 1.165) is 15.3 Å². The van der Waals surface area contributed by atoms with E-state index in [1.807, 2.05) is 27.7 Å². The number of thiophene rings is 1. The van der Waals surface area contributed by atoms with E-state index in [2.05, 4.69) is 9.97 Å². The molecule has 2 atom stereocenters. The Bertz CT molecular complexity index is 922. The number of hydrogen-bond acceptors (Lipinski definition) is 7. The number of rotatable bonds is 8. The van der Waals surface area contributed by atoms with Gasteiger partial charge >= 0.3 is 5.97 Å². The number of esters is 1. The summed E-state index contributed by atoms with van der Waals surface area (Å²) in [5.41, 5.74) is 0.832. The summed E-state index contributed by atoms with van der Waals surface area (Å²) in [6, 6.07) is 0. The summed E-state index contributed by atoms with van der Waals surface area (Å²) in [6.07, 6.45) is 0. The van der Waals surface area contributed by atoms with Gasteiger partial charge in [0.15, 0.2) is 0 Å². The maximum absolute atomic E-state index is 12.7. The van der Waals surface area contributed by atoms with E-state index < -0.39 is 0 Å². The standard InChI is InChI=1S/C19H27N3O4S2/c1-7-22(8-10(2)19(25)26-6)18(24)13(5)27-9-14-20-16(23)15-11(3)12(4)28-17(15)21-14/h10,13H,7-9H2,1-6H3,(H,20,21,23). The molecule has 2 heterocycles. The molecule has 0 aliphatic carbocycles.